The Morgan fingerprint density at radius 1 is 1.37 bits per heavy atom. The first-order valence-electron chi connectivity index (χ1n) is 5.90. The van der Waals surface area contributed by atoms with Crippen LogP contribution < -0.4 is 11.1 Å². The minimum Gasteiger partial charge on any atom is -0.444 e. The van der Waals surface area contributed by atoms with Crippen LogP contribution in [0.5, 0.6) is 0 Å². The highest BCUT2D eigenvalue weighted by molar-refractivity contribution is 5.97. The normalized spacial score (nSPS) is 10.7. The van der Waals surface area contributed by atoms with Gasteiger partial charge in [-0.15, -0.1) is 0 Å². The van der Waals surface area contributed by atoms with Crippen LogP contribution in [0.4, 0.5) is 5.69 Å². The summed E-state index contributed by atoms with van der Waals surface area (Å²) in [5.41, 5.74) is 8.01. The Hall–Kier alpha value is -2.31. The molecule has 7 nitrogen and oxygen atoms in total. The van der Waals surface area contributed by atoms with E-state index in [1.165, 1.54) is 4.68 Å². The van der Waals surface area contributed by atoms with Crippen LogP contribution in [-0.2, 0) is 13.6 Å². The van der Waals surface area contributed by atoms with Gasteiger partial charge >= 0.3 is 0 Å². The fourth-order valence-electron chi connectivity index (χ4n) is 1.80. The molecule has 2 aromatic heterocycles. The van der Waals surface area contributed by atoms with Crippen molar-refractivity contribution >= 4 is 11.6 Å². The highest BCUT2D eigenvalue weighted by atomic mass is 16.4. The number of hydrogen-bond donors (Lipinski definition) is 2. The monoisotopic (exact) mass is 263 g/mol. The van der Waals surface area contributed by atoms with Crippen LogP contribution in [0.2, 0.25) is 0 Å². The zero-order chi connectivity index (χ0) is 14.2. The molecule has 0 aliphatic rings. The Morgan fingerprint density at radius 3 is 2.53 bits per heavy atom. The summed E-state index contributed by atoms with van der Waals surface area (Å²) in [4.78, 5) is 16.2. The Balaban J connectivity index is 2.09. The molecule has 0 spiro atoms. The molecule has 0 radical (unpaired) electrons. The Morgan fingerprint density at radius 2 is 2.05 bits per heavy atom. The van der Waals surface area contributed by atoms with Crippen molar-refractivity contribution < 1.29 is 9.21 Å². The molecular formula is C12H17N5O2. The molecule has 0 fully saturated rings. The highest BCUT2D eigenvalue weighted by Crippen LogP contribution is 2.15. The average Bonchev–Trinajstić information content (AvgIpc) is 2.78. The van der Waals surface area contributed by atoms with E-state index in [0.717, 1.165) is 11.5 Å². The molecule has 19 heavy (non-hydrogen) atoms. The number of carbonyl (C=O) groups is 1. The van der Waals surface area contributed by atoms with Crippen LogP contribution >= 0.6 is 0 Å². The number of aromatic nitrogens is 3. The molecule has 2 rings (SSSR count). The quantitative estimate of drug-likeness (QED) is 0.855. The molecule has 2 aromatic rings. The van der Waals surface area contributed by atoms with Crippen molar-refractivity contribution in [2.24, 2.45) is 7.05 Å². The first-order chi connectivity index (χ1) is 8.90. The molecule has 0 aliphatic heterocycles. The molecule has 0 aromatic carbocycles. The maximum absolute atomic E-state index is 12.0. The third-order valence-corrected chi connectivity index (χ3v) is 2.96. The molecular weight excluding hydrogens is 246 g/mol. The van der Waals surface area contributed by atoms with E-state index in [2.05, 4.69) is 15.4 Å². The van der Waals surface area contributed by atoms with Crippen LogP contribution in [0.15, 0.2) is 4.42 Å². The SMILES string of the molecule is Cc1nc(CNC(=O)c2c(N)c(C)nn2C)oc1C. The fraction of sp³-hybridized carbons (Fsp3) is 0.417. The minimum absolute atomic E-state index is 0.219. The predicted octanol–water partition coefficient (Wildman–Crippen LogP) is 0.846. The van der Waals surface area contributed by atoms with E-state index < -0.39 is 0 Å². The zero-order valence-corrected chi connectivity index (χ0v) is 11.4. The number of carbonyl (C=O) groups excluding carboxylic acids is 1. The highest BCUT2D eigenvalue weighted by Gasteiger charge is 2.18. The summed E-state index contributed by atoms with van der Waals surface area (Å²) in [5.74, 6) is 0.926. The van der Waals surface area contributed by atoms with Gasteiger partial charge in [0.05, 0.1) is 23.6 Å². The molecule has 0 saturated carbocycles. The summed E-state index contributed by atoms with van der Waals surface area (Å²) in [7, 11) is 1.68. The third kappa shape index (κ3) is 2.44. The van der Waals surface area contributed by atoms with Gasteiger partial charge in [0.2, 0.25) is 5.89 Å². The lowest BCUT2D eigenvalue weighted by Crippen LogP contribution is -2.26. The lowest BCUT2D eigenvalue weighted by atomic mass is 10.3. The summed E-state index contributed by atoms with van der Waals surface area (Å²) < 4.78 is 6.85. The number of nitrogen functional groups attached to an aromatic ring is 1. The summed E-state index contributed by atoms with van der Waals surface area (Å²) in [5, 5.41) is 6.81. The molecule has 102 valence electrons. The predicted molar refractivity (Wildman–Crippen MR) is 69.5 cm³/mol. The number of rotatable bonds is 3. The number of hydrogen-bond acceptors (Lipinski definition) is 5. The minimum atomic E-state index is -0.297. The average molecular weight is 263 g/mol. The maximum Gasteiger partial charge on any atom is 0.272 e. The van der Waals surface area contributed by atoms with Gasteiger partial charge in [-0.3, -0.25) is 9.48 Å². The molecule has 1 amide bonds. The number of anilines is 1. The Bertz CT molecular complexity index is 607. The van der Waals surface area contributed by atoms with Gasteiger partial charge in [0.25, 0.3) is 5.91 Å². The van der Waals surface area contributed by atoms with Gasteiger partial charge in [0.1, 0.15) is 11.5 Å². The number of oxazole rings is 1. The van der Waals surface area contributed by atoms with Crippen molar-refractivity contribution in [1.82, 2.24) is 20.1 Å². The standard InChI is InChI=1S/C12H17N5O2/c1-6-8(3)19-9(15-6)5-14-12(18)11-10(13)7(2)16-17(11)4/h5,13H2,1-4H3,(H,14,18). The van der Waals surface area contributed by atoms with E-state index in [4.69, 9.17) is 10.2 Å². The number of nitrogens with zero attached hydrogens (tertiary/aromatic N) is 3. The Kier molecular flexibility index (Phi) is 3.28. The fourth-order valence-corrected chi connectivity index (χ4v) is 1.80. The summed E-state index contributed by atoms with van der Waals surface area (Å²) in [6.07, 6.45) is 0. The maximum atomic E-state index is 12.0. The van der Waals surface area contributed by atoms with Gasteiger partial charge in [-0.1, -0.05) is 0 Å². The van der Waals surface area contributed by atoms with E-state index in [1.807, 2.05) is 13.8 Å². The summed E-state index contributed by atoms with van der Waals surface area (Å²) in [6, 6.07) is 0. The Labute approximate surface area is 110 Å². The lowest BCUT2D eigenvalue weighted by Gasteiger charge is -2.04. The van der Waals surface area contributed by atoms with Crippen LogP contribution in [0.25, 0.3) is 0 Å². The van der Waals surface area contributed by atoms with Gasteiger partial charge in [0, 0.05) is 7.05 Å². The molecule has 2 heterocycles. The van der Waals surface area contributed by atoms with Crippen molar-refractivity contribution in [2.75, 3.05) is 5.73 Å². The van der Waals surface area contributed by atoms with E-state index in [-0.39, 0.29) is 12.5 Å². The second kappa shape index (κ2) is 4.75. The molecule has 7 heteroatoms. The van der Waals surface area contributed by atoms with Crippen LogP contribution in [0.1, 0.15) is 33.5 Å². The van der Waals surface area contributed by atoms with Crippen LogP contribution in [0.3, 0.4) is 0 Å². The molecule has 3 N–H and O–H groups in total. The van der Waals surface area contributed by atoms with Crippen molar-refractivity contribution in [3.63, 3.8) is 0 Å². The first kappa shape index (κ1) is 13.1. The number of nitrogens with two attached hydrogens (primary N) is 1. The zero-order valence-electron chi connectivity index (χ0n) is 11.4. The van der Waals surface area contributed by atoms with Crippen LogP contribution in [0, 0.1) is 20.8 Å². The van der Waals surface area contributed by atoms with Crippen molar-refractivity contribution in [2.45, 2.75) is 27.3 Å². The van der Waals surface area contributed by atoms with Gasteiger partial charge in [-0.2, -0.15) is 5.10 Å². The third-order valence-electron chi connectivity index (χ3n) is 2.96. The van der Waals surface area contributed by atoms with Crippen LogP contribution in [-0.4, -0.2) is 20.7 Å². The molecule has 0 saturated heterocycles. The van der Waals surface area contributed by atoms with Gasteiger partial charge < -0.3 is 15.5 Å². The van der Waals surface area contributed by atoms with E-state index in [0.29, 0.717) is 23.0 Å². The van der Waals surface area contributed by atoms with E-state index >= 15 is 0 Å². The number of nitrogens with one attached hydrogen (secondary N) is 1. The summed E-state index contributed by atoms with van der Waals surface area (Å²) >= 11 is 0. The van der Waals surface area contributed by atoms with Crippen molar-refractivity contribution in [3.05, 3.63) is 28.7 Å². The van der Waals surface area contributed by atoms with E-state index in [1.54, 1.807) is 14.0 Å². The second-order valence-corrected chi connectivity index (χ2v) is 4.40. The van der Waals surface area contributed by atoms with Gasteiger partial charge in [-0.25, -0.2) is 4.98 Å². The van der Waals surface area contributed by atoms with Crippen molar-refractivity contribution in [1.29, 1.82) is 0 Å². The van der Waals surface area contributed by atoms with Gasteiger partial charge in [0.15, 0.2) is 0 Å². The van der Waals surface area contributed by atoms with E-state index in [9.17, 15) is 4.79 Å². The molecule has 0 unspecified atom stereocenters. The lowest BCUT2D eigenvalue weighted by molar-refractivity contribution is 0.0938. The molecule has 0 atom stereocenters. The molecule has 0 aliphatic carbocycles. The second-order valence-electron chi connectivity index (χ2n) is 4.40. The molecule has 0 bridgehead atoms. The number of amides is 1. The first-order valence-corrected chi connectivity index (χ1v) is 5.90. The summed E-state index contributed by atoms with van der Waals surface area (Å²) in [6.45, 7) is 5.66. The number of aryl methyl sites for hydroxylation is 4. The van der Waals surface area contributed by atoms with Crippen molar-refractivity contribution in [3.8, 4) is 0 Å². The largest absolute Gasteiger partial charge is 0.444 e. The van der Waals surface area contributed by atoms with Gasteiger partial charge in [-0.05, 0) is 20.8 Å². The topological polar surface area (TPSA) is 99.0 Å². The smallest absolute Gasteiger partial charge is 0.272 e.